The van der Waals surface area contributed by atoms with E-state index in [1.807, 2.05) is 30.3 Å². The van der Waals surface area contributed by atoms with Crippen molar-refractivity contribution in [2.45, 2.75) is 6.42 Å². The van der Waals surface area contributed by atoms with Gasteiger partial charge in [0.2, 0.25) is 0 Å². The van der Waals surface area contributed by atoms with Gasteiger partial charge < -0.3 is 10.0 Å². The van der Waals surface area contributed by atoms with Crippen LogP contribution in [-0.2, 0) is 6.42 Å². The molecule has 0 unspecified atom stereocenters. The van der Waals surface area contributed by atoms with Gasteiger partial charge >= 0.3 is 0 Å². The second-order valence-electron chi connectivity index (χ2n) is 4.43. The molecule has 0 spiro atoms. The van der Waals surface area contributed by atoms with Crippen LogP contribution in [0.2, 0.25) is 0 Å². The van der Waals surface area contributed by atoms with Crippen LogP contribution in [0.15, 0.2) is 60.7 Å². The molecule has 2 aromatic rings. The lowest BCUT2D eigenvalue weighted by Crippen LogP contribution is -2.16. The van der Waals surface area contributed by atoms with Crippen LogP contribution >= 0.6 is 0 Å². The van der Waals surface area contributed by atoms with Gasteiger partial charge in [0.1, 0.15) is 5.75 Å². The molecule has 3 rings (SSSR count). The Bertz CT molecular complexity index is 575. The predicted molar refractivity (Wildman–Crippen MR) is 74.4 cm³/mol. The van der Waals surface area contributed by atoms with Gasteiger partial charge in [-0.1, -0.05) is 36.4 Å². The molecular weight excluding hydrogens is 222 g/mol. The number of phenolic OH excluding ortho intramolecular Hbond substituents is 1. The first-order chi connectivity index (χ1) is 8.84. The zero-order valence-corrected chi connectivity index (χ0v) is 10.1. The van der Waals surface area contributed by atoms with Crippen LogP contribution in [-0.4, -0.2) is 11.7 Å². The maximum absolute atomic E-state index is 9.70. The van der Waals surface area contributed by atoms with E-state index in [1.165, 1.54) is 5.56 Å². The number of benzene rings is 2. The molecule has 1 aliphatic heterocycles. The molecule has 0 aromatic heterocycles. The molecule has 18 heavy (non-hydrogen) atoms. The van der Waals surface area contributed by atoms with E-state index in [0.29, 0.717) is 5.75 Å². The summed E-state index contributed by atoms with van der Waals surface area (Å²) in [5, 5.41) is 9.70. The SMILES string of the molecule is Oc1ccc2c(c1)N(c1ccccc1)CC=CC2. The van der Waals surface area contributed by atoms with Crippen LogP contribution in [0, 0.1) is 0 Å². The average molecular weight is 237 g/mol. The van der Waals surface area contributed by atoms with Crippen LogP contribution in [0.1, 0.15) is 5.56 Å². The van der Waals surface area contributed by atoms with E-state index in [0.717, 1.165) is 24.3 Å². The lowest BCUT2D eigenvalue weighted by molar-refractivity contribution is 0.475. The summed E-state index contributed by atoms with van der Waals surface area (Å²) in [4.78, 5) is 2.22. The normalized spacial score (nSPS) is 14.1. The number of allylic oxidation sites excluding steroid dienone is 1. The van der Waals surface area contributed by atoms with Crippen molar-refractivity contribution in [1.82, 2.24) is 0 Å². The molecule has 1 N–H and O–H groups in total. The Kier molecular flexibility index (Phi) is 2.77. The van der Waals surface area contributed by atoms with Crippen LogP contribution < -0.4 is 4.90 Å². The number of hydrogen-bond donors (Lipinski definition) is 1. The fourth-order valence-electron chi connectivity index (χ4n) is 2.32. The van der Waals surface area contributed by atoms with Crippen molar-refractivity contribution in [3.05, 3.63) is 66.2 Å². The molecule has 0 atom stereocenters. The smallest absolute Gasteiger partial charge is 0.117 e. The summed E-state index contributed by atoms with van der Waals surface area (Å²) in [7, 11) is 0. The van der Waals surface area contributed by atoms with E-state index in [4.69, 9.17) is 0 Å². The lowest BCUT2D eigenvalue weighted by atomic mass is 10.1. The molecule has 0 saturated heterocycles. The van der Waals surface area contributed by atoms with Crippen molar-refractivity contribution in [3.8, 4) is 5.75 Å². The minimum Gasteiger partial charge on any atom is -0.508 e. The molecule has 2 nitrogen and oxygen atoms in total. The van der Waals surface area contributed by atoms with Gasteiger partial charge in [-0.3, -0.25) is 0 Å². The molecule has 1 aliphatic rings. The minimum atomic E-state index is 0.316. The molecule has 2 heteroatoms. The monoisotopic (exact) mass is 237 g/mol. The summed E-state index contributed by atoms with van der Waals surface area (Å²) in [6, 6.07) is 15.9. The maximum Gasteiger partial charge on any atom is 0.117 e. The molecule has 0 fully saturated rings. The first-order valence-corrected chi connectivity index (χ1v) is 6.14. The molecular formula is C16H15NO. The van der Waals surface area contributed by atoms with Gasteiger partial charge in [0.15, 0.2) is 0 Å². The summed E-state index contributed by atoms with van der Waals surface area (Å²) >= 11 is 0. The summed E-state index contributed by atoms with van der Waals surface area (Å²) in [5.74, 6) is 0.316. The molecule has 0 bridgehead atoms. The van der Waals surface area contributed by atoms with E-state index in [-0.39, 0.29) is 0 Å². The van der Waals surface area contributed by atoms with Gasteiger partial charge in [-0.05, 0) is 30.2 Å². The van der Waals surface area contributed by atoms with Crippen LogP contribution in [0.4, 0.5) is 11.4 Å². The molecule has 0 radical (unpaired) electrons. The molecule has 90 valence electrons. The number of phenols is 1. The minimum absolute atomic E-state index is 0.316. The Hall–Kier alpha value is -2.22. The molecule has 2 aromatic carbocycles. The predicted octanol–water partition coefficient (Wildman–Crippen LogP) is 3.64. The fourth-order valence-corrected chi connectivity index (χ4v) is 2.32. The third-order valence-electron chi connectivity index (χ3n) is 3.22. The summed E-state index contributed by atoms with van der Waals surface area (Å²) in [6.45, 7) is 0.834. The summed E-state index contributed by atoms with van der Waals surface area (Å²) < 4.78 is 0. The van der Waals surface area contributed by atoms with Gasteiger partial charge in [0.25, 0.3) is 0 Å². The zero-order valence-electron chi connectivity index (χ0n) is 10.1. The lowest BCUT2D eigenvalue weighted by Gasteiger charge is -2.24. The number of hydrogen-bond acceptors (Lipinski definition) is 2. The topological polar surface area (TPSA) is 23.5 Å². The van der Waals surface area contributed by atoms with Gasteiger partial charge in [0, 0.05) is 24.0 Å². The number of fused-ring (bicyclic) bond motifs is 1. The fraction of sp³-hybridized carbons (Fsp3) is 0.125. The zero-order chi connectivity index (χ0) is 12.4. The number of nitrogens with zero attached hydrogens (tertiary/aromatic N) is 1. The van der Waals surface area contributed by atoms with Crippen molar-refractivity contribution in [2.75, 3.05) is 11.4 Å². The van der Waals surface area contributed by atoms with Crippen LogP contribution in [0.5, 0.6) is 5.75 Å². The van der Waals surface area contributed by atoms with E-state index in [1.54, 1.807) is 6.07 Å². The van der Waals surface area contributed by atoms with Gasteiger partial charge in [0.05, 0.1) is 0 Å². The Labute approximate surface area is 107 Å². The highest BCUT2D eigenvalue weighted by atomic mass is 16.3. The second kappa shape index (κ2) is 4.57. The Balaban J connectivity index is 2.11. The number of aromatic hydroxyl groups is 1. The van der Waals surface area contributed by atoms with Crippen molar-refractivity contribution in [2.24, 2.45) is 0 Å². The standard InChI is InChI=1S/C16H15NO/c18-15-10-9-13-6-4-5-11-17(16(13)12-15)14-7-2-1-3-8-14/h1-5,7-10,12,18H,6,11H2. The first kappa shape index (κ1) is 10.9. The largest absolute Gasteiger partial charge is 0.508 e. The molecule has 0 aliphatic carbocycles. The van der Waals surface area contributed by atoms with Crippen LogP contribution in [0.25, 0.3) is 0 Å². The van der Waals surface area contributed by atoms with Crippen molar-refractivity contribution < 1.29 is 5.11 Å². The number of para-hydroxylation sites is 1. The average Bonchev–Trinajstić information content (AvgIpc) is 2.61. The Morgan fingerprint density at radius 1 is 0.944 bits per heavy atom. The first-order valence-electron chi connectivity index (χ1n) is 6.14. The molecule has 0 amide bonds. The highest BCUT2D eigenvalue weighted by Crippen LogP contribution is 2.33. The van der Waals surface area contributed by atoms with Gasteiger partial charge in [-0.2, -0.15) is 0 Å². The van der Waals surface area contributed by atoms with E-state index in [9.17, 15) is 5.11 Å². The second-order valence-corrected chi connectivity index (χ2v) is 4.43. The van der Waals surface area contributed by atoms with Crippen molar-refractivity contribution in [3.63, 3.8) is 0 Å². The summed E-state index contributed by atoms with van der Waals surface area (Å²) in [5.41, 5.74) is 3.48. The third kappa shape index (κ3) is 1.97. The van der Waals surface area contributed by atoms with E-state index in [2.05, 4.69) is 29.2 Å². The Morgan fingerprint density at radius 2 is 1.78 bits per heavy atom. The van der Waals surface area contributed by atoms with E-state index < -0.39 is 0 Å². The maximum atomic E-state index is 9.70. The highest BCUT2D eigenvalue weighted by Gasteiger charge is 2.14. The number of rotatable bonds is 1. The van der Waals surface area contributed by atoms with Crippen molar-refractivity contribution in [1.29, 1.82) is 0 Å². The highest BCUT2D eigenvalue weighted by molar-refractivity contribution is 5.69. The van der Waals surface area contributed by atoms with Gasteiger partial charge in [-0.25, -0.2) is 0 Å². The number of anilines is 2. The van der Waals surface area contributed by atoms with E-state index >= 15 is 0 Å². The summed E-state index contributed by atoms with van der Waals surface area (Å²) in [6.07, 6.45) is 5.27. The molecule has 0 saturated carbocycles. The van der Waals surface area contributed by atoms with Crippen LogP contribution in [0.3, 0.4) is 0 Å². The third-order valence-corrected chi connectivity index (χ3v) is 3.22. The molecule has 1 heterocycles. The van der Waals surface area contributed by atoms with Crippen molar-refractivity contribution >= 4 is 11.4 Å². The Morgan fingerprint density at radius 3 is 2.61 bits per heavy atom. The van der Waals surface area contributed by atoms with Gasteiger partial charge in [-0.15, -0.1) is 0 Å². The quantitative estimate of drug-likeness (QED) is 0.765.